The Labute approximate surface area is 147 Å². The molecule has 1 aromatic heterocycles. The number of benzene rings is 1. The van der Waals surface area contributed by atoms with Gasteiger partial charge in [0.05, 0.1) is 11.6 Å². The van der Waals surface area contributed by atoms with E-state index < -0.39 is 23.7 Å². The van der Waals surface area contributed by atoms with Gasteiger partial charge in [0.2, 0.25) is 0 Å². The average molecular weight is 371 g/mol. The summed E-state index contributed by atoms with van der Waals surface area (Å²) < 4.78 is 19.1. The minimum Gasteiger partial charge on any atom is -0.368 e. The van der Waals surface area contributed by atoms with Crippen molar-refractivity contribution in [2.45, 2.75) is 19.4 Å². The lowest BCUT2D eigenvalue weighted by Crippen LogP contribution is -2.46. The lowest BCUT2D eigenvalue weighted by atomic mass is 10.2. The summed E-state index contributed by atoms with van der Waals surface area (Å²) in [6, 6.07) is 4.08. The van der Waals surface area contributed by atoms with Gasteiger partial charge in [0.1, 0.15) is 16.8 Å². The van der Waals surface area contributed by atoms with Crippen molar-refractivity contribution >= 4 is 44.8 Å². The highest BCUT2D eigenvalue weighted by Crippen LogP contribution is 2.35. The normalized spacial score (nSPS) is 12.0. The van der Waals surface area contributed by atoms with Gasteiger partial charge in [-0.15, -0.1) is 17.9 Å². The summed E-state index contributed by atoms with van der Waals surface area (Å²) in [6.07, 6.45) is 1.58. The Hall–Kier alpha value is -1.96. The highest BCUT2D eigenvalue weighted by Gasteiger charge is 2.19. The number of fused-ring (bicyclic) bond motifs is 1. The first-order chi connectivity index (χ1) is 11.4. The maximum Gasteiger partial charge on any atom is 0.281 e. The van der Waals surface area contributed by atoms with Crippen LogP contribution in [0, 0.1) is 5.82 Å². The molecule has 0 aliphatic heterocycles. The highest BCUT2D eigenvalue weighted by atomic mass is 35.5. The predicted molar refractivity (Wildman–Crippen MR) is 92.6 cm³/mol. The first kappa shape index (κ1) is 18.4. The van der Waals surface area contributed by atoms with Crippen LogP contribution in [0.2, 0.25) is 5.02 Å². The zero-order valence-corrected chi connectivity index (χ0v) is 14.5. The molecule has 0 saturated heterocycles. The van der Waals surface area contributed by atoms with Gasteiger partial charge in [0.25, 0.3) is 11.8 Å². The van der Waals surface area contributed by atoms with Crippen molar-refractivity contribution < 1.29 is 18.7 Å². The Morgan fingerprint density at radius 1 is 1.46 bits per heavy atom. The molecule has 0 spiro atoms. The fourth-order valence-corrected chi connectivity index (χ4v) is 3.30. The molecule has 2 N–H and O–H groups in total. The molecule has 128 valence electrons. The van der Waals surface area contributed by atoms with Crippen LogP contribution in [0.4, 0.5) is 4.39 Å². The molecule has 2 amide bonds. The predicted octanol–water partition coefficient (Wildman–Crippen LogP) is 3.44. The molecule has 0 saturated carbocycles. The summed E-state index contributed by atoms with van der Waals surface area (Å²) in [7, 11) is 0. The number of nitrogens with one attached hydrogen (secondary N) is 2. The van der Waals surface area contributed by atoms with E-state index in [-0.39, 0.29) is 9.90 Å². The van der Waals surface area contributed by atoms with Crippen LogP contribution < -0.4 is 10.9 Å². The maximum absolute atomic E-state index is 13.2. The number of halogens is 2. The van der Waals surface area contributed by atoms with Gasteiger partial charge in [0, 0.05) is 10.1 Å². The second kappa shape index (κ2) is 8.23. The molecule has 0 radical (unpaired) electrons. The van der Waals surface area contributed by atoms with Crippen molar-refractivity contribution in [1.29, 1.82) is 0 Å². The number of rotatable bonds is 6. The topological polar surface area (TPSA) is 67.4 Å². The van der Waals surface area contributed by atoms with Crippen LogP contribution in [-0.4, -0.2) is 24.5 Å². The molecule has 1 aromatic carbocycles. The van der Waals surface area contributed by atoms with Gasteiger partial charge in [-0.25, -0.2) is 4.39 Å². The van der Waals surface area contributed by atoms with Crippen LogP contribution in [0.5, 0.6) is 0 Å². The molecule has 2 aromatic rings. The summed E-state index contributed by atoms with van der Waals surface area (Å²) in [5.74, 6) is -1.48. The summed E-state index contributed by atoms with van der Waals surface area (Å²) in [5, 5.41) is 0.803. The molecule has 0 bridgehead atoms. The van der Waals surface area contributed by atoms with Gasteiger partial charge in [-0.1, -0.05) is 17.7 Å². The zero-order valence-electron chi connectivity index (χ0n) is 12.9. The lowest BCUT2D eigenvalue weighted by molar-refractivity contribution is -0.132. The van der Waals surface area contributed by atoms with Crippen LogP contribution in [0.3, 0.4) is 0 Å². The molecule has 24 heavy (non-hydrogen) atoms. The largest absolute Gasteiger partial charge is 0.368 e. The highest BCUT2D eigenvalue weighted by molar-refractivity contribution is 7.21. The molecule has 5 nitrogen and oxygen atoms in total. The lowest BCUT2D eigenvalue weighted by Gasteiger charge is -2.13. The smallest absolute Gasteiger partial charge is 0.281 e. The molecule has 0 aliphatic carbocycles. The van der Waals surface area contributed by atoms with Crippen LogP contribution in [0.1, 0.15) is 23.0 Å². The van der Waals surface area contributed by atoms with Crippen LogP contribution >= 0.6 is 22.9 Å². The number of carbonyl (C=O) groups is 2. The first-order valence-electron chi connectivity index (χ1n) is 7.14. The van der Waals surface area contributed by atoms with E-state index in [9.17, 15) is 14.0 Å². The molecule has 2 rings (SSSR count). The first-order valence-corrected chi connectivity index (χ1v) is 8.33. The molecule has 0 aliphatic rings. The third-order valence-electron chi connectivity index (χ3n) is 3.16. The van der Waals surface area contributed by atoms with E-state index in [1.165, 1.54) is 18.2 Å². The van der Waals surface area contributed by atoms with E-state index in [0.29, 0.717) is 23.1 Å². The second-order valence-corrected chi connectivity index (χ2v) is 6.35. The Balaban J connectivity index is 1.99. The van der Waals surface area contributed by atoms with E-state index in [1.807, 2.05) is 0 Å². The Morgan fingerprint density at radius 2 is 2.21 bits per heavy atom. The van der Waals surface area contributed by atoms with Crippen molar-refractivity contribution in [1.82, 2.24) is 10.9 Å². The number of hydrazine groups is 1. The molecular formula is C16H16ClFN2O3S. The van der Waals surface area contributed by atoms with E-state index >= 15 is 0 Å². The number of amides is 2. The number of hydrogen-bond donors (Lipinski definition) is 2. The van der Waals surface area contributed by atoms with E-state index in [1.54, 1.807) is 13.0 Å². The molecule has 8 heteroatoms. The number of hydrogen-bond acceptors (Lipinski definition) is 4. The van der Waals surface area contributed by atoms with Crippen LogP contribution in [0.25, 0.3) is 10.1 Å². The average Bonchev–Trinajstić information content (AvgIpc) is 2.88. The fourth-order valence-electron chi connectivity index (χ4n) is 1.87. The third kappa shape index (κ3) is 4.31. The standard InChI is InChI=1S/C16H16ClFN2O3S/c1-3-4-7-23-9(2)15(21)19-20-16(22)14-13(17)11-6-5-10(18)8-12(11)24-14/h3,5-6,8-9H,1,4,7H2,2H3,(H,19,21)(H,20,22). The molecule has 1 unspecified atom stereocenters. The Morgan fingerprint density at radius 3 is 2.92 bits per heavy atom. The van der Waals surface area contributed by atoms with E-state index in [4.69, 9.17) is 16.3 Å². The Kier molecular flexibility index (Phi) is 6.30. The maximum atomic E-state index is 13.2. The second-order valence-electron chi connectivity index (χ2n) is 4.92. The van der Waals surface area contributed by atoms with Crippen molar-refractivity contribution in [3.8, 4) is 0 Å². The third-order valence-corrected chi connectivity index (χ3v) is 4.81. The number of carbonyl (C=O) groups excluding carboxylic acids is 2. The van der Waals surface area contributed by atoms with Crippen LogP contribution in [0.15, 0.2) is 30.9 Å². The molecule has 0 fully saturated rings. The van der Waals surface area contributed by atoms with Gasteiger partial charge in [-0.3, -0.25) is 20.4 Å². The Bertz CT molecular complexity index is 778. The van der Waals surface area contributed by atoms with Gasteiger partial charge in [-0.2, -0.15) is 0 Å². The quantitative estimate of drug-likeness (QED) is 0.465. The SMILES string of the molecule is C=CCCOC(C)C(=O)NNC(=O)c1sc2cc(F)ccc2c1Cl. The summed E-state index contributed by atoms with van der Waals surface area (Å²) in [6.45, 7) is 5.48. The molecule has 1 heterocycles. The fraction of sp³-hybridized carbons (Fsp3) is 0.250. The summed E-state index contributed by atoms with van der Waals surface area (Å²) in [5.41, 5.74) is 4.56. The molecule has 1 atom stereocenters. The van der Waals surface area contributed by atoms with Crippen molar-refractivity contribution in [2.24, 2.45) is 0 Å². The number of ether oxygens (including phenoxy) is 1. The van der Waals surface area contributed by atoms with E-state index in [0.717, 1.165) is 11.3 Å². The van der Waals surface area contributed by atoms with Crippen molar-refractivity contribution in [3.63, 3.8) is 0 Å². The van der Waals surface area contributed by atoms with Crippen molar-refractivity contribution in [2.75, 3.05) is 6.61 Å². The number of thiophene rings is 1. The van der Waals surface area contributed by atoms with Gasteiger partial charge in [0.15, 0.2) is 0 Å². The monoisotopic (exact) mass is 370 g/mol. The van der Waals surface area contributed by atoms with Gasteiger partial charge in [-0.05, 0) is 31.5 Å². The van der Waals surface area contributed by atoms with Gasteiger partial charge >= 0.3 is 0 Å². The van der Waals surface area contributed by atoms with Crippen LogP contribution in [-0.2, 0) is 9.53 Å². The summed E-state index contributed by atoms with van der Waals surface area (Å²) >= 11 is 7.19. The minimum atomic E-state index is -0.725. The van der Waals surface area contributed by atoms with Gasteiger partial charge < -0.3 is 4.74 Å². The zero-order chi connectivity index (χ0) is 17.7. The minimum absolute atomic E-state index is 0.192. The molecular weight excluding hydrogens is 355 g/mol. The van der Waals surface area contributed by atoms with Crippen molar-refractivity contribution in [3.05, 3.63) is 46.6 Å². The summed E-state index contributed by atoms with van der Waals surface area (Å²) in [4.78, 5) is 24.2. The van der Waals surface area contributed by atoms with E-state index in [2.05, 4.69) is 17.4 Å².